The number of halogens is 6. The molecule has 0 spiro atoms. The molecular weight excluding hydrogens is 606 g/mol. The fourth-order valence-corrected chi connectivity index (χ4v) is 7.03. The van der Waals surface area contributed by atoms with Gasteiger partial charge in [0.15, 0.2) is 16.1 Å². The van der Waals surface area contributed by atoms with Gasteiger partial charge in [-0.3, -0.25) is 9.78 Å². The number of likely N-dealkylation sites (tertiary alicyclic amines) is 1. The van der Waals surface area contributed by atoms with Gasteiger partial charge in [0.2, 0.25) is 5.91 Å². The Kier molecular flexibility index (Phi) is 7.19. The first-order valence-corrected chi connectivity index (χ1v) is 14.6. The number of pyridine rings is 1. The molecule has 1 aromatic heterocycles. The average molecular weight is 631 g/mol. The molecule has 2 heterocycles. The summed E-state index contributed by atoms with van der Waals surface area (Å²) >= 11 is 0. The number of sulfone groups is 1. The van der Waals surface area contributed by atoms with Crippen LogP contribution < -0.4 is 5.32 Å². The van der Waals surface area contributed by atoms with Gasteiger partial charge in [-0.15, -0.1) is 0 Å². The summed E-state index contributed by atoms with van der Waals surface area (Å²) in [6.45, 7) is 0.678. The molecule has 16 heteroatoms. The lowest BCUT2D eigenvalue weighted by Gasteiger charge is -2.29. The first-order chi connectivity index (χ1) is 19.9. The Morgan fingerprint density at radius 2 is 1.72 bits per heavy atom. The topological polar surface area (TPSA) is 129 Å². The number of ether oxygens (including phenoxy) is 1. The van der Waals surface area contributed by atoms with Crippen molar-refractivity contribution in [2.75, 3.05) is 6.54 Å². The monoisotopic (exact) mass is 630 g/mol. The minimum Gasteiger partial charge on any atom is -0.425 e. The lowest BCUT2D eigenvalue weighted by atomic mass is 10.0. The lowest BCUT2D eigenvalue weighted by Crippen LogP contribution is -2.49. The van der Waals surface area contributed by atoms with Crippen molar-refractivity contribution in [1.29, 1.82) is 5.26 Å². The Balaban J connectivity index is 1.49. The maximum Gasteiger partial charge on any atom is 0.417 e. The molecule has 3 fully saturated rings. The maximum atomic E-state index is 14.2. The number of hydrogen-bond donors (Lipinski definition) is 1. The molecule has 43 heavy (non-hydrogen) atoms. The number of nitriles is 1. The largest absolute Gasteiger partial charge is 0.425 e. The number of nitrogens with one attached hydrogen (secondary N) is 1. The number of rotatable bonds is 6. The number of benzene rings is 1. The highest BCUT2D eigenvalue weighted by molar-refractivity contribution is 7.92. The summed E-state index contributed by atoms with van der Waals surface area (Å²) in [7, 11) is -4.95. The third-order valence-electron chi connectivity index (χ3n) is 7.98. The molecule has 2 aromatic rings. The van der Waals surface area contributed by atoms with Gasteiger partial charge < -0.3 is 15.0 Å². The SMILES string of the molecule is Cc1cc(-c2ccc(S(=O)(=O)[C@@H]3C[C@H](OC(=O)NC4(C#N)CC4)N(C(=O)C4(C(F)(F)F)CC4)C3)c(C(F)(F)F)c2)ccn1. The first kappa shape index (κ1) is 30.6. The smallest absolute Gasteiger partial charge is 0.417 e. The minimum absolute atomic E-state index is 0.0465. The summed E-state index contributed by atoms with van der Waals surface area (Å²) in [4.78, 5) is 29.0. The summed E-state index contributed by atoms with van der Waals surface area (Å²) in [6, 6.07) is 7.37. The van der Waals surface area contributed by atoms with E-state index in [9.17, 15) is 49.6 Å². The fourth-order valence-electron chi connectivity index (χ4n) is 5.15. The normalized spacial score (nSPS) is 22.4. The Morgan fingerprint density at radius 3 is 2.26 bits per heavy atom. The summed E-state index contributed by atoms with van der Waals surface area (Å²) in [5.74, 6) is -1.53. The summed E-state index contributed by atoms with van der Waals surface area (Å²) < 4.78 is 117. The number of alkyl halides is 6. The van der Waals surface area contributed by atoms with Gasteiger partial charge in [0.05, 0.1) is 21.8 Å². The molecule has 230 valence electrons. The number of amides is 2. The van der Waals surface area contributed by atoms with E-state index in [4.69, 9.17) is 4.74 Å². The highest BCUT2D eigenvalue weighted by Crippen LogP contribution is 2.59. The Labute approximate surface area is 241 Å². The van der Waals surface area contributed by atoms with Gasteiger partial charge in [0.25, 0.3) is 0 Å². The molecular formula is C27H24F6N4O5S. The molecule has 0 bridgehead atoms. The number of alkyl carbamates (subject to hydrolysis) is 1. The lowest BCUT2D eigenvalue weighted by molar-refractivity contribution is -0.201. The molecule has 0 radical (unpaired) electrons. The van der Waals surface area contributed by atoms with Crippen LogP contribution in [0.15, 0.2) is 41.4 Å². The van der Waals surface area contributed by atoms with Crippen molar-refractivity contribution >= 4 is 21.8 Å². The zero-order valence-electron chi connectivity index (χ0n) is 22.4. The number of carbonyl (C=O) groups is 2. The predicted octanol–water partition coefficient (Wildman–Crippen LogP) is 4.90. The van der Waals surface area contributed by atoms with Crippen LogP contribution in [0.5, 0.6) is 0 Å². The highest BCUT2D eigenvalue weighted by atomic mass is 32.2. The van der Waals surface area contributed by atoms with Crippen LogP contribution in [0.25, 0.3) is 11.1 Å². The van der Waals surface area contributed by atoms with E-state index in [2.05, 4.69) is 10.3 Å². The van der Waals surface area contributed by atoms with E-state index in [1.807, 2.05) is 6.07 Å². The molecule has 2 saturated carbocycles. The van der Waals surface area contributed by atoms with Gasteiger partial charge >= 0.3 is 18.4 Å². The second kappa shape index (κ2) is 10.1. The van der Waals surface area contributed by atoms with Gasteiger partial charge in [-0.25, -0.2) is 13.2 Å². The molecule has 2 atom stereocenters. The zero-order valence-corrected chi connectivity index (χ0v) is 23.2. The first-order valence-electron chi connectivity index (χ1n) is 13.1. The van der Waals surface area contributed by atoms with Crippen LogP contribution in [0.2, 0.25) is 0 Å². The van der Waals surface area contributed by atoms with Gasteiger partial charge in [-0.1, -0.05) is 6.07 Å². The van der Waals surface area contributed by atoms with Crippen LogP contribution in [-0.2, 0) is 25.5 Å². The van der Waals surface area contributed by atoms with Gasteiger partial charge in [-0.2, -0.15) is 31.6 Å². The van der Waals surface area contributed by atoms with Crippen molar-refractivity contribution in [3.05, 3.63) is 47.8 Å². The van der Waals surface area contributed by atoms with E-state index in [0.29, 0.717) is 22.2 Å². The van der Waals surface area contributed by atoms with Gasteiger partial charge in [0, 0.05) is 24.9 Å². The molecule has 1 saturated heterocycles. The van der Waals surface area contributed by atoms with Crippen molar-refractivity contribution < 1.29 is 49.1 Å². The average Bonchev–Trinajstić information content (AvgIpc) is 3.84. The second-order valence-electron chi connectivity index (χ2n) is 11.0. The van der Waals surface area contributed by atoms with Crippen LogP contribution in [0.1, 0.15) is 43.4 Å². The van der Waals surface area contributed by atoms with E-state index in [1.54, 1.807) is 6.92 Å². The number of hydrogen-bond acceptors (Lipinski definition) is 7. The molecule has 9 nitrogen and oxygen atoms in total. The highest BCUT2D eigenvalue weighted by Gasteiger charge is 2.70. The van der Waals surface area contributed by atoms with Crippen LogP contribution in [0.3, 0.4) is 0 Å². The Bertz CT molecular complexity index is 1630. The van der Waals surface area contributed by atoms with Crippen LogP contribution in [-0.4, -0.2) is 60.0 Å². The van der Waals surface area contributed by atoms with Gasteiger partial charge in [0.1, 0.15) is 11.0 Å². The zero-order chi connectivity index (χ0) is 31.6. The number of aryl methyl sites for hydroxylation is 1. The van der Waals surface area contributed by atoms with Crippen LogP contribution >= 0.6 is 0 Å². The molecule has 2 amide bonds. The van der Waals surface area contributed by atoms with E-state index in [-0.39, 0.29) is 18.4 Å². The molecule has 1 aliphatic heterocycles. The molecule has 1 N–H and O–H groups in total. The molecule has 1 aromatic carbocycles. The summed E-state index contributed by atoms with van der Waals surface area (Å²) in [5, 5.41) is 9.61. The van der Waals surface area contributed by atoms with E-state index in [1.165, 1.54) is 18.3 Å². The third kappa shape index (κ3) is 5.62. The molecule has 5 rings (SSSR count). The molecule has 2 aliphatic carbocycles. The van der Waals surface area contributed by atoms with Crippen molar-refractivity contribution in [1.82, 2.24) is 15.2 Å². The van der Waals surface area contributed by atoms with Crippen LogP contribution in [0, 0.1) is 23.7 Å². The van der Waals surface area contributed by atoms with E-state index in [0.717, 1.165) is 12.1 Å². The quantitative estimate of drug-likeness (QED) is 0.450. The van der Waals surface area contributed by atoms with E-state index >= 15 is 0 Å². The maximum absolute atomic E-state index is 14.2. The summed E-state index contributed by atoms with van der Waals surface area (Å²) in [5.41, 5.74) is -4.68. The Hall–Kier alpha value is -3.87. The Morgan fingerprint density at radius 1 is 1.07 bits per heavy atom. The predicted molar refractivity (Wildman–Crippen MR) is 135 cm³/mol. The van der Waals surface area contributed by atoms with Crippen molar-refractivity contribution in [2.24, 2.45) is 5.41 Å². The number of aromatic nitrogens is 1. The van der Waals surface area contributed by atoms with Crippen molar-refractivity contribution in [3.8, 4) is 17.2 Å². The summed E-state index contributed by atoms with van der Waals surface area (Å²) in [6.07, 6.45) is -13.3. The number of nitrogens with zero attached hydrogens (tertiary/aromatic N) is 3. The third-order valence-corrected chi connectivity index (χ3v) is 10.2. The van der Waals surface area contributed by atoms with Crippen molar-refractivity contribution in [2.45, 2.75) is 73.3 Å². The van der Waals surface area contributed by atoms with Crippen molar-refractivity contribution in [3.63, 3.8) is 0 Å². The standard InChI is InChI=1S/C27H24F6N4O5S/c1-15-10-17(4-9-35-15)16-2-3-20(19(11-16)26(28,29)30)43(40,41)18-12-21(42-23(39)36-24(14-34)5-6-24)37(13-18)22(38)25(7-8-25)27(31,32)33/h2-4,9-11,18,21H,5-8,12-13H2,1H3,(H,36,39)/t18-,21+/m1/s1. The van der Waals surface area contributed by atoms with E-state index < -0.39 is 92.9 Å². The second-order valence-corrected chi connectivity index (χ2v) is 13.2. The minimum atomic E-state index is -5.14. The molecule has 3 aliphatic rings. The molecule has 0 unspecified atom stereocenters. The fraction of sp³-hybridized carbons (Fsp3) is 0.481. The number of carbonyl (C=O) groups excluding carboxylic acids is 2. The van der Waals surface area contributed by atoms with Gasteiger partial charge in [-0.05, 0) is 68.0 Å². The van der Waals surface area contributed by atoms with Crippen LogP contribution in [0.4, 0.5) is 31.1 Å².